The number of aryl methyl sites for hydroxylation is 1. The highest BCUT2D eigenvalue weighted by molar-refractivity contribution is 7.89. The van der Waals surface area contributed by atoms with Crippen molar-refractivity contribution in [1.82, 2.24) is 4.72 Å². The molecule has 0 saturated heterocycles. The highest BCUT2D eigenvalue weighted by Crippen LogP contribution is 2.36. The van der Waals surface area contributed by atoms with Crippen LogP contribution in [-0.4, -0.2) is 21.8 Å². The zero-order valence-corrected chi connectivity index (χ0v) is 14.7. The second-order valence-corrected chi connectivity index (χ2v) is 7.08. The van der Waals surface area contributed by atoms with E-state index in [4.69, 9.17) is 15.2 Å². The average molecular weight is 371 g/mol. The van der Waals surface area contributed by atoms with Crippen molar-refractivity contribution in [3.05, 3.63) is 53.6 Å². The number of hydrogen-bond donors (Lipinski definition) is 2. The molecule has 130 valence electrons. The Morgan fingerprint density at radius 3 is 2.46 bits per heavy atom. The molecule has 1 aliphatic rings. The minimum atomic E-state index is -3.68. The summed E-state index contributed by atoms with van der Waals surface area (Å²) in [6.45, 7) is 1.93. The normalized spacial score (nSPS) is 14.1. The molecule has 0 radical (unpaired) electrons. The van der Waals surface area contributed by atoms with Crippen LogP contribution in [0, 0.1) is 6.92 Å². The zero-order valence-electron chi connectivity index (χ0n) is 13.1. The van der Waals surface area contributed by atoms with Gasteiger partial charge in [-0.2, -0.15) is 0 Å². The molecule has 1 unspecified atom stereocenters. The van der Waals surface area contributed by atoms with Crippen LogP contribution in [0.25, 0.3) is 0 Å². The van der Waals surface area contributed by atoms with Crippen LogP contribution in [0.2, 0.25) is 0 Å². The smallest absolute Gasteiger partial charge is 0.241 e. The first-order chi connectivity index (χ1) is 11.0. The number of fused-ring (bicyclic) bond motifs is 1. The molecule has 0 aliphatic carbocycles. The van der Waals surface area contributed by atoms with Gasteiger partial charge in [0.2, 0.25) is 16.8 Å². The van der Waals surface area contributed by atoms with Gasteiger partial charge < -0.3 is 15.2 Å². The van der Waals surface area contributed by atoms with Crippen LogP contribution < -0.4 is 19.9 Å². The van der Waals surface area contributed by atoms with Gasteiger partial charge in [-0.25, -0.2) is 13.1 Å². The highest BCUT2D eigenvalue weighted by Gasteiger charge is 2.23. The monoisotopic (exact) mass is 370 g/mol. The molecule has 1 aliphatic heterocycles. The van der Waals surface area contributed by atoms with Crippen molar-refractivity contribution in [3.8, 4) is 11.5 Å². The van der Waals surface area contributed by atoms with Crippen LogP contribution in [0.15, 0.2) is 47.4 Å². The Morgan fingerprint density at radius 2 is 1.79 bits per heavy atom. The molecule has 2 aromatic rings. The van der Waals surface area contributed by atoms with Crippen molar-refractivity contribution in [1.29, 1.82) is 0 Å². The lowest BCUT2D eigenvalue weighted by atomic mass is 10.1. The summed E-state index contributed by atoms with van der Waals surface area (Å²) in [5, 5.41) is 0. The molecule has 24 heavy (non-hydrogen) atoms. The zero-order chi connectivity index (χ0) is 16.4. The van der Waals surface area contributed by atoms with Crippen LogP contribution in [0.3, 0.4) is 0 Å². The molecule has 0 amide bonds. The maximum Gasteiger partial charge on any atom is 0.241 e. The summed E-state index contributed by atoms with van der Waals surface area (Å²) in [7, 11) is -3.68. The number of nitrogens with two attached hydrogens (primary N) is 1. The van der Waals surface area contributed by atoms with Crippen LogP contribution in [0.1, 0.15) is 17.2 Å². The van der Waals surface area contributed by atoms with Gasteiger partial charge in [0.15, 0.2) is 11.5 Å². The van der Waals surface area contributed by atoms with Crippen molar-refractivity contribution in [3.63, 3.8) is 0 Å². The van der Waals surface area contributed by atoms with Gasteiger partial charge in [-0.1, -0.05) is 30.3 Å². The van der Waals surface area contributed by atoms with E-state index in [1.165, 1.54) is 6.07 Å². The summed E-state index contributed by atoms with van der Waals surface area (Å²) in [6, 6.07) is 12.1. The third kappa shape index (κ3) is 3.81. The first kappa shape index (κ1) is 18.5. The fourth-order valence-electron chi connectivity index (χ4n) is 2.41. The minimum absolute atomic E-state index is 0. The SMILES string of the molecule is Cc1cc2c(cc1S(=O)(=O)NCC(N)c1ccccc1)OCO2.Cl. The van der Waals surface area contributed by atoms with Crippen molar-refractivity contribution in [2.45, 2.75) is 17.9 Å². The van der Waals surface area contributed by atoms with Gasteiger partial charge in [0.1, 0.15) is 0 Å². The summed E-state index contributed by atoms with van der Waals surface area (Å²) in [5.74, 6) is 0.991. The van der Waals surface area contributed by atoms with E-state index in [1.54, 1.807) is 13.0 Å². The third-order valence-electron chi connectivity index (χ3n) is 3.68. The Labute approximate surface area is 147 Å². The summed E-state index contributed by atoms with van der Waals surface area (Å²) in [4.78, 5) is 0.169. The Kier molecular flexibility index (Phi) is 5.71. The number of sulfonamides is 1. The van der Waals surface area contributed by atoms with Crippen LogP contribution in [0.5, 0.6) is 11.5 Å². The van der Waals surface area contributed by atoms with Gasteiger partial charge >= 0.3 is 0 Å². The molecule has 2 aromatic carbocycles. The predicted molar refractivity (Wildman–Crippen MR) is 93.1 cm³/mol. The largest absolute Gasteiger partial charge is 0.454 e. The molecule has 0 aromatic heterocycles. The molecule has 1 atom stereocenters. The van der Waals surface area contributed by atoms with E-state index < -0.39 is 16.1 Å². The van der Waals surface area contributed by atoms with Gasteiger partial charge in [-0.05, 0) is 24.1 Å². The molecule has 0 saturated carbocycles. The topological polar surface area (TPSA) is 90.7 Å². The van der Waals surface area contributed by atoms with Crippen molar-refractivity contribution < 1.29 is 17.9 Å². The van der Waals surface area contributed by atoms with E-state index in [1.807, 2.05) is 30.3 Å². The summed E-state index contributed by atoms with van der Waals surface area (Å²) >= 11 is 0. The maximum atomic E-state index is 12.5. The molecule has 0 fully saturated rings. The number of ether oxygens (including phenoxy) is 2. The van der Waals surface area contributed by atoms with Crippen LogP contribution >= 0.6 is 12.4 Å². The van der Waals surface area contributed by atoms with E-state index in [0.717, 1.165) is 5.56 Å². The fourth-order valence-corrected chi connectivity index (χ4v) is 3.71. The molecule has 0 bridgehead atoms. The molecule has 1 heterocycles. The Morgan fingerprint density at radius 1 is 1.17 bits per heavy atom. The summed E-state index contributed by atoms with van der Waals surface area (Å²) in [5.41, 5.74) is 7.50. The maximum absolute atomic E-state index is 12.5. The van der Waals surface area contributed by atoms with Gasteiger partial charge in [-0.15, -0.1) is 12.4 Å². The minimum Gasteiger partial charge on any atom is -0.454 e. The van der Waals surface area contributed by atoms with E-state index in [0.29, 0.717) is 17.1 Å². The number of nitrogens with one attached hydrogen (secondary N) is 1. The van der Waals surface area contributed by atoms with Crippen LogP contribution in [-0.2, 0) is 10.0 Å². The second kappa shape index (κ2) is 7.40. The Balaban J connectivity index is 0.00000208. The fraction of sp³-hybridized carbons (Fsp3) is 0.250. The Hall–Kier alpha value is -1.80. The van der Waals surface area contributed by atoms with E-state index >= 15 is 0 Å². The van der Waals surface area contributed by atoms with Gasteiger partial charge in [0.25, 0.3) is 0 Å². The van der Waals surface area contributed by atoms with Crippen molar-refractivity contribution >= 4 is 22.4 Å². The highest BCUT2D eigenvalue weighted by atomic mass is 35.5. The Bertz CT molecular complexity index is 812. The van der Waals surface area contributed by atoms with Crippen LogP contribution in [0.4, 0.5) is 0 Å². The lowest BCUT2D eigenvalue weighted by molar-refractivity contribution is 0.174. The number of hydrogen-bond acceptors (Lipinski definition) is 5. The summed E-state index contributed by atoms with van der Waals surface area (Å²) < 4.78 is 38.1. The molecule has 8 heteroatoms. The van der Waals surface area contributed by atoms with Crippen molar-refractivity contribution in [2.24, 2.45) is 5.73 Å². The quantitative estimate of drug-likeness (QED) is 0.841. The third-order valence-corrected chi connectivity index (χ3v) is 5.25. The standard InChI is InChI=1S/C16H18N2O4S.ClH/c1-11-7-14-15(22-10-21-14)8-16(11)23(19,20)18-9-13(17)12-5-3-2-4-6-12;/h2-8,13,18H,9-10,17H2,1H3;1H. The lowest BCUT2D eigenvalue weighted by Gasteiger charge is -2.15. The van der Waals surface area contributed by atoms with Gasteiger partial charge in [0, 0.05) is 18.7 Å². The average Bonchev–Trinajstić information content (AvgIpc) is 3.00. The molecule has 6 nitrogen and oxygen atoms in total. The molecule has 3 rings (SSSR count). The van der Waals surface area contributed by atoms with E-state index in [9.17, 15) is 8.42 Å². The van der Waals surface area contributed by atoms with Gasteiger partial charge in [-0.3, -0.25) is 0 Å². The second-order valence-electron chi connectivity index (χ2n) is 5.34. The number of halogens is 1. The molecule has 3 N–H and O–H groups in total. The first-order valence-corrected chi connectivity index (χ1v) is 8.66. The summed E-state index contributed by atoms with van der Waals surface area (Å²) in [6.07, 6.45) is 0. The predicted octanol–water partition coefficient (Wildman–Crippen LogP) is 2.12. The molecular formula is C16H19ClN2O4S. The molecule has 0 spiro atoms. The van der Waals surface area contributed by atoms with Gasteiger partial charge in [0.05, 0.1) is 4.90 Å². The lowest BCUT2D eigenvalue weighted by Crippen LogP contribution is -2.32. The number of rotatable bonds is 5. The number of benzene rings is 2. The van der Waals surface area contributed by atoms with Crippen molar-refractivity contribution in [2.75, 3.05) is 13.3 Å². The first-order valence-electron chi connectivity index (χ1n) is 7.18. The van der Waals surface area contributed by atoms with E-state index in [2.05, 4.69) is 4.72 Å². The van der Waals surface area contributed by atoms with E-state index in [-0.39, 0.29) is 30.6 Å². The molecular weight excluding hydrogens is 352 g/mol.